The molecule has 0 aliphatic heterocycles. The molecule has 0 N–H and O–H groups in total. The summed E-state index contributed by atoms with van der Waals surface area (Å²) in [5.41, 5.74) is 5.49. The lowest BCUT2D eigenvalue weighted by molar-refractivity contribution is 0.544. The Labute approximate surface area is 120 Å². The summed E-state index contributed by atoms with van der Waals surface area (Å²) >= 11 is 3.44. The fraction of sp³-hybridized carbons (Fsp3) is 0.188. The van der Waals surface area contributed by atoms with Gasteiger partial charge in [0.15, 0.2) is 11.5 Å². The maximum absolute atomic E-state index is 5.82. The molecule has 0 radical (unpaired) electrons. The van der Waals surface area contributed by atoms with Crippen LogP contribution in [-0.2, 0) is 6.42 Å². The van der Waals surface area contributed by atoms with Crippen LogP contribution in [0.2, 0.25) is 0 Å². The number of oxazole rings is 1. The maximum Gasteiger partial charge on any atom is 0.199 e. The Morgan fingerprint density at radius 2 is 1.74 bits per heavy atom. The predicted molar refractivity (Wildman–Crippen MR) is 80.4 cm³/mol. The molecule has 0 saturated carbocycles. The number of rotatable bonds is 2. The molecule has 0 saturated heterocycles. The van der Waals surface area contributed by atoms with E-state index in [-0.39, 0.29) is 0 Å². The van der Waals surface area contributed by atoms with Gasteiger partial charge in [0, 0.05) is 10.9 Å². The van der Waals surface area contributed by atoms with E-state index in [1.165, 1.54) is 16.7 Å². The molecule has 3 aromatic rings. The Morgan fingerprint density at radius 3 is 2.47 bits per heavy atom. The van der Waals surface area contributed by atoms with Crippen molar-refractivity contribution in [1.82, 2.24) is 4.98 Å². The molecule has 0 aliphatic rings. The fourth-order valence-electron chi connectivity index (χ4n) is 2.08. The number of benzene rings is 2. The van der Waals surface area contributed by atoms with Crippen molar-refractivity contribution in [2.24, 2.45) is 0 Å². The molecular weight excluding hydrogens is 302 g/mol. The van der Waals surface area contributed by atoms with Gasteiger partial charge in [-0.15, -0.1) is 0 Å². The van der Waals surface area contributed by atoms with E-state index >= 15 is 0 Å². The molecule has 2 aromatic carbocycles. The molecule has 0 unspecified atom stereocenters. The SMILES string of the molecule is Cc1cc2nc(Cc3ccc(Br)cc3)oc2cc1C. The molecule has 1 heterocycles. The van der Waals surface area contributed by atoms with Gasteiger partial charge in [0.1, 0.15) is 5.52 Å². The zero-order valence-corrected chi connectivity index (χ0v) is 12.5. The zero-order chi connectivity index (χ0) is 13.4. The Hall–Kier alpha value is -1.61. The van der Waals surface area contributed by atoms with E-state index in [4.69, 9.17) is 4.42 Å². The molecule has 0 amide bonds. The van der Waals surface area contributed by atoms with Crippen LogP contribution in [0.1, 0.15) is 22.6 Å². The van der Waals surface area contributed by atoms with E-state index in [0.29, 0.717) is 0 Å². The van der Waals surface area contributed by atoms with Crippen LogP contribution in [0.5, 0.6) is 0 Å². The lowest BCUT2D eigenvalue weighted by Crippen LogP contribution is -1.87. The second-order valence-electron chi connectivity index (χ2n) is 4.82. The highest BCUT2D eigenvalue weighted by Gasteiger charge is 2.08. The summed E-state index contributed by atoms with van der Waals surface area (Å²) in [5.74, 6) is 0.766. The van der Waals surface area contributed by atoms with Crippen LogP contribution < -0.4 is 0 Å². The first-order chi connectivity index (χ1) is 9.11. The van der Waals surface area contributed by atoms with Gasteiger partial charge < -0.3 is 4.42 Å². The molecule has 96 valence electrons. The van der Waals surface area contributed by atoms with Gasteiger partial charge in [0.25, 0.3) is 0 Å². The molecule has 0 atom stereocenters. The minimum atomic E-state index is 0.722. The van der Waals surface area contributed by atoms with E-state index in [1.54, 1.807) is 0 Å². The minimum Gasteiger partial charge on any atom is -0.440 e. The van der Waals surface area contributed by atoms with Gasteiger partial charge in [-0.1, -0.05) is 28.1 Å². The van der Waals surface area contributed by atoms with Crippen LogP contribution in [0, 0.1) is 13.8 Å². The minimum absolute atomic E-state index is 0.722. The Balaban J connectivity index is 1.95. The topological polar surface area (TPSA) is 26.0 Å². The summed E-state index contributed by atoms with van der Waals surface area (Å²) in [7, 11) is 0. The molecule has 1 aromatic heterocycles. The van der Waals surface area contributed by atoms with E-state index in [1.807, 2.05) is 12.1 Å². The van der Waals surface area contributed by atoms with Crippen molar-refractivity contribution >= 4 is 27.0 Å². The van der Waals surface area contributed by atoms with Crippen LogP contribution in [0.4, 0.5) is 0 Å². The number of halogens is 1. The third-order valence-electron chi connectivity index (χ3n) is 3.32. The predicted octanol–water partition coefficient (Wildman–Crippen LogP) is 4.80. The van der Waals surface area contributed by atoms with Crippen molar-refractivity contribution in [2.45, 2.75) is 20.3 Å². The van der Waals surface area contributed by atoms with Gasteiger partial charge >= 0.3 is 0 Å². The van der Waals surface area contributed by atoms with Crippen LogP contribution in [0.15, 0.2) is 45.3 Å². The zero-order valence-electron chi connectivity index (χ0n) is 10.9. The quantitative estimate of drug-likeness (QED) is 0.679. The molecule has 2 nitrogen and oxygen atoms in total. The lowest BCUT2D eigenvalue weighted by Gasteiger charge is -1.97. The highest BCUT2D eigenvalue weighted by atomic mass is 79.9. The first-order valence-corrected chi connectivity index (χ1v) is 7.02. The molecule has 0 spiro atoms. The lowest BCUT2D eigenvalue weighted by atomic mass is 10.1. The third kappa shape index (κ3) is 2.56. The van der Waals surface area contributed by atoms with Crippen molar-refractivity contribution in [2.75, 3.05) is 0 Å². The molecule has 0 aliphatic carbocycles. The van der Waals surface area contributed by atoms with Gasteiger partial charge in [0.2, 0.25) is 0 Å². The largest absolute Gasteiger partial charge is 0.440 e. The summed E-state index contributed by atoms with van der Waals surface area (Å²) in [6.45, 7) is 4.18. The number of aryl methyl sites for hydroxylation is 2. The molecule has 19 heavy (non-hydrogen) atoms. The number of aromatic nitrogens is 1. The monoisotopic (exact) mass is 315 g/mol. The molecule has 0 fully saturated rings. The summed E-state index contributed by atoms with van der Waals surface area (Å²) in [6.07, 6.45) is 0.722. The number of hydrogen-bond acceptors (Lipinski definition) is 2. The normalized spacial score (nSPS) is 11.1. The Kier molecular flexibility index (Phi) is 3.15. The second-order valence-corrected chi connectivity index (χ2v) is 5.73. The van der Waals surface area contributed by atoms with Gasteiger partial charge in [-0.3, -0.25) is 0 Å². The second kappa shape index (κ2) is 4.82. The van der Waals surface area contributed by atoms with Crippen molar-refractivity contribution in [3.8, 4) is 0 Å². The summed E-state index contributed by atoms with van der Waals surface area (Å²) in [4.78, 5) is 4.55. The smallest absolute Gasteiger partial charge is 0.199 e. The van der Waals surface area contributed by atoms with Crippen LogP contribution in [-0.4, -0.2) is 4.98 Å². The van der Waals surface area contributed by atoms with Crippen LogP contribution >= 0.6 is 15.9 Å². The molecule has 3 rings (SSSR count). The Bertz CT molecular complexity index is 689. The summed E-state index contributed by atoms with van der Waals surface area (Å²) < 4.78 is 6.90. The van der Waals surface area contributed by atoms with Gasteiger partial charge in [-0.25, -0.2) is 4.98 Å². The Morgan fingerprint density at radius 1 is 1.05 bits per heavy atom. The third-order valence-corrected chi connectivity index (χ3v) is 3.85. The van der Waals surface area contributed by atoms with Crippen molar-refractivity contribution in [3.05, 3.63) is 63.5 Å². The highest BCUT2D eigenvalue weighted by Crippen LogP contribution is 2.22. The van der Waals surface area contributed by atoms with E-state index in [0.717, 1.165) is 27.9 Å². The van der Waals surface area contributed by atoms with Crippen molar-refractivity contribution < 1.29 is 4.42 Å². The van der Waals surface area contributed by atoms with E-state index in [9.17, 15) is 0 Å². The number of fused-ring (bicyclic) bond motifs is 1. The standard InChI is InChI=1S/C16H14BrNO/c1-10-7-14-15(8-11(10)2)19-16(18-14)9-12-3-5-13(17)6-4-12/h3-8H,9H2,1-2H3. The maximum atomic E-state index is 5.82. The van der Waals surface area contributed by atoms with Gasteiger partial charge in [-0.2, -0.15) is 0 Å². The van der Waals surface area contributed by atoms with E-state index < -0.39 is 0 Å². The van der Waals surface area contributed by atoms with E-state index in [2.05, 4.69) is 59.0 Å². The fourth-order valence-corrected chi connectivity index (χ4v) is 2.34. The molecule has 3 heteroatoms. The van der Waals surface area contributed by atoms with Gasteiger partial charge in [0.05, 0.1) is 0 Å². The number of hydrogen-bond donors (Lipinski definition) is 0. The average molecular weight is 316 g/mol. The highest BCUT2D eigenvalue weighted by molar-refractivity contribution is 9.10. The molecular formula is C16H14BrNO. The first-order valence-electron chi connectivity index (χ1n) is 6.23. The summed E-state index contributed by atoms with van der Waals surface area (Å²) in [6, 6.07) is 12.4. The summed E-state index contributed by atoms with van der Waals surface area (Å²) in [5, 5.41) is 0. The van der Waals surface area contributed by atoms with Crippen LogP contribution in [0.3, 0.4) is 0 Å². The first kappa shape index (κ1) is 12.4. The van der Waals surface area contributed by atoms with Gasteiger partial charge in [-0.05, 0) is 54.8 Å². The van der Waals surface area contributed by atoms with Crippen LogP contribution in [0.25, 0.3) is 11.1 Å². The molecule has 0 bridgehead atoms. The van der Waals surface area contributed by atoms with Crippen molar-refractivity contribution in [1.29, 1.82) is 0 Å². The average Bonchev–Trinajstić information content (AvgIpc) is 2.74. The van der Waals surface area contributed by atoms with Crippen molar-refractivity contribution in [3.63, 3.8) is 0 Å². The number of nitrogens with zero attached hydrogens (tertiary/aromatic N) is 1.